The zero-order valence-corrected chi connectivity index (χ0v) is 15.0. The van der Waals surface area contributed by atoms with Crippen molar-refractivity contribution in [3.63, 3.8) is 0 Å². The van der Waals surface area contributed by atoms with E-state index in [1.165, 1.54) is 28.7 Å². The Morgan fingerprint density at radius 3 is 2.56 bits per heavy atom. The molecular formula is C22H26N2O. The lowest BCUT2D eigenvalue weighted by Crippen LogP contribution is -2.48. The Morgan fingerprint density at radius 1 is 0.960 bits per heavy atom. The van der Waals surface area contributed by atoms with Crippen molar-refractivity contribution in [2.75, 3.05) is 26.2 Å². The lowest BCUT2D eigenvalue weighted by Gasteiger charge is -2.35. The topological polar surface area (TPSA) is 23.6 Å². The molecule has 1 heterocycles. The van der Waals surface area contributed by atoms with Gasteiger partial charge in [-0.15, -0.1) is 0 Å². The van der Waals surface area contributed by atoms with Crippen molar-refractivity contribution in [1.82, 2.24) is 9.80 Å². The first-order chi connectivity index (χ1) is 12.2. The number of fused-ring (bicyclic) bond motifs is 1. The van der Waals surface area contributed by atoms with Gasteiger partial charge in [-0.3, -0.25) is 9.69 Å². The Labute approximate surface area is 150 Å². The van der Waals surface area contributed by atoms with E-state index in [0.717, 1.165) is 51.1 Å². The summed E-state index contributed by atoms with van der Waals surface area (Å²) in [6.07, 6.45) is 3.37. The molecule has 2 aromatic rings. The molecule has 0 spiro atoms. The number of rotatable bonds is 3. The van der Waals surface area contributed by atoms with Gasteiger partial charge in [-0.2, -0.15) is 0 Å². The van der Waals surface area contributed by atoms with Crippen LogP contribution in [0.15, 0.2) is 42.5 Å². The zero-order valence-electron chi connectivity index (χ0n) is 15.0. The highest BCUT2D eigenvalue weighted by Gasteiger charge is 2.26. The first-order valence-electron chi connectivity index (χ1n) is 9.39. The van der Waals surface area contributed by atoms with Crippen molar-refractivity contribution in [2.45, 2.75) is 32.7 Å². The molecule has 1 fully saturated rings. The lowest BCUT2D eigenvalue weighted by molar-refractivity contribution is 0.0627. The van der Waals surface area contributed by atoms with Crippen LogP contribution in [0.2, 0.25) is 0 Å². The van der Waals surface area contributed by atoms with Gasteiger partial charge in [0.1, 0.15) is 0 Å². The lowest BCUT2D eigenvalue weighted by atomic mass is 10.0. The molecule has 4 rings (SSSR count). The molecule has 3 heteroatoms. The van der Waals surface area contributed by atoms with Crippen LogP contribution in [0.4, 0.5) is 0 Å². The maximum atomic E-state index is 13.0. The van der Waals surface area contributed by atoms with Crippen molar-refractivity contribution in [2.24, 2.45) is 0 Å². The van der Waals surface area contributed by atoms with Crippen LogP contribution in [0.1, 0.15) is 39.0 Å². The zero-order chi connectivity index (χ0) is 17.2. The monoisotopic (exact) mass is 334 g/mol. The van der Waals surface area contributed by atoms with E-state index < -0.39 is 0 Å². The summed E-state index contributed by atoms with van der Waals surface area (Å²) in [4.78, 5) is 17.5. The third kappa shape index (κ3) is 3.34. The fourth-order valence-electron chi connectivity index (χ4n) is 4.13. The van der Waals surface area contributed by atoms with Crippen molar-refractivity contribution in [1.29, 1.82) is 0 Å². The van der Waals surface area contributed by atoms with Gasteiger partial charge in [0.25, 0.3) is 5.91 Å². The highest BCUT2D eigenvalue weighted by Crippen LogP contribution is 2.26. The SMILES string of the molecule is Cc1ccccc1CN1CCN(C(=O)c2cccc3c2CCC3)CC1. The molecule has 0 N–H and O–H groups in total. The summed E-state index contributed by atoms with van der Waals surface area (Å²) >= 11 is 0. The molecule has 0 atom stereocenters. The van der Waals surface area contributed by atoms with Gasteiger partial charge >= 0.3 is 0 Å². The van der Waals surface area contributed by atoms with Crippen molar-refractivity contribution in [3.8, 4) is 0 Å². The summed E-state index contributed by atoms with van der Waals surface area (Å²) in [5.41, 5.74) is 6.37. The number of piperazine rings is 1. The Balaban J connectivity index is 1.40. The molecule has 2 aromatic carbocycles. The van der Waals surface area contributed by atoms with Gasteiger partial charge in [-0.25, -0.2) is 0 Å². The molecule has 25 heavy (non-hydrogen) atoms. The van der Waals surface area contributed by atoms with Crippen LogP contribution in [-0.4, -0.2) is 41.9 Å². The van der Waals surface area contributed by atoms with Gasteiger partial charge in [0.2, 0.25) is 0 Å². The number of hydrogen-bond donors (Lipinski definition) is 0. The van der Waals surface area contributed by atoms with Crippen molar-refractivity contribution in [3.05, 3.63) is 70.3 Å². The largest absolute Gasteiger partial charge is 0.336 e. The smallest absolute Gasteiger partial charge is 0.254 e. The molecule has 1 saturated heterocycles. The van der Waals surface area contributed by atoms with Crippen LogP contribution in [-0.2, 0) is 19.4 Å². The highest BCUT2D eigenvalue weighted by molar-refractivity contribution is 5.96. The first-order valence-corrected chi connectivity index (χ1v) is 9.39. The summed E-state index contributed by atoms with van der Waals surface area (Å²) in [5, 5.41) is 0. The van der Waals surface area contributed by atoms with E-state index in [9.17, 15) is 4.79 Å². The van der Waals surface area contributed by atoms with E-state index in [2.05, 4.69) is 42.2 Å². The van der Waals surface area contributed by atoms with Gasteiger partial charge in [-0.05, 0) is 54.5 Å². The van der Waals surface area contributed by atoms with Crippen molar-refractivity contribution < 1.29 is 4.79 Å². The minimum Gasteiger partial charge on any atom is -0.336 e. The number of carbonyl (C=O) groups excluding carboxylic acids is 1. The number of amides is 1. The molecular weight excluding hydrogens is 308 g/mol. The van der Waals surface area contributed by atoms with E-state index in [1.54, 1.807) is 0 Å². The number of aryl methyl sites for hydroxylation is 2. The first kappa shape index (κ1) is 16.3. The maximum Gasteiger partial charge on any atom is 0.254 e. The number of carbonyl (C=O) groups is 1. The summed E-state index contributed by atoms with van der Waals surface area (Å²) in [5.74, 6) is 0.231. The fourth-order valence-corrected chi connectivity index (χ4v) is 4.13. The summed E-state index contributed by atoms with van der Waals surface area (Å²) in [6.45, 7) is 6.72. The van der Waals surface area contributed by atoms with E-state index in [4.69, 9.17) is 0 Å². The predicted octanol–water partition coefficient (Wildman–Crippen LogP) is 3.44. The molecule has 0 saturated carbocycles. The van der Waals surface area contributed by atoms with Gasteiger partial charge in [0.15, 0.2) is 0 Å². The van der Waals surface area contributed by atoms with Crippen LogP contribution < -0.4 is 0 Å². The number of benzene rings is 2. The second kappa shape index (κ2) is 7.01. The molecule has 1 aliphatic carbocycles. The average molecular weight is 334 g/mol. The summed E-state index contributed by atoms with van der Waals surface area (Å²) in [7, 11) is 0. The normalized spacial score (nSPS) is 17.6. The van der Waals surface area contributed by atoms with Crippen LogP contribution in [0.25, 0.3) is 0 Å². The van der Waals surface area contributed by atoms with Gasteiger partial charge in [-0.1, -0.05) is 36.4 Å². The maximum absolute atomic E-state index is 13.0. The summed E-state index contributed by atoms with van der Waals surface area (Å²) in [6, 6.07) is 14.8. The Bertz CT molecular complexity index is 775. The van der Waals surface area contributed by atoms with Gasteiger partial charge in [0.05, 0.1) is 0 Å². The van der Waals surface area contributed by atoms with Gasteiger partial charge < -0.3 is 4.90 Å². The molecule has 0 aromatic heterocycles. The average Bonchev–Trinajstić information content (AvgIpc) is 3.12. The third-order valence-corrected chi connectivity index (χ3v) is 5.69. The molecule has 2 aliphatic rings. The molecule has 0 unspecified atom stereocenters. The molecule has 3 nitrogen and oxygen atoms in total. The highest BCUT2D eigenvalue weighted by atomic mass is 16.2. The van der Waals surface area contributed by atoms with E-state index in [0.29, 0.717) is 0 Å². The minimum absolute atomic E-state index is 0.231. The quantitative estimate of drug-likeness (QED) is 0.858. The second-order valence-corrected chi connectivity index (χ2v) is 7.29. The van der Waals surface area contributed by atoms with E-state index in [-0.39, 0.29) is 5.91 Å². The number of nitrogens with zero attached hydrogens (tertiary/aromatic N) is 2. The van der Waals surface area contributed by atoms with Gasteiger partial charge in [0, 0.05) is 38.3 Å². The molecule has 130 valence electrons. The van der Waals surface area contributed by atoms with Crippen LogP contribution >= 0.6 is 0 Å². The Hall–Kier alpha value is -2.13. The second-order valence-electron chi connectivity index (χ2n) is 7.29. The summed E-state index contributed by atoms with van der Waals surface area (Å²) < 4.78 is 0. The molecule has 0 bridgehead atoms. The van der Waals surface area contributed by atoms with Crippen LogP contribution in [0, 0.1) is 6.92 Å². The Kier molecular flexibility index (Phi) is 4.58. The molecule has 1 amide bonds. The predicted molar refractivity (Wildman–Crippen MR) is 101 cm³/mol. The Morgan fingerprint density at radius 2 is 1.76 bits per heavy atom. The fraction of sp³-hybridized carbons (Fsp3) is 0.409. The minimum atomic E-state index is 0.231. The van der Waals surface area contributed by atoms with E-state index in [1.807, 2.05) is 17.0 Å². The van der Waals surface area contributed by atoms with Crippen LogP contribution in [0.3, 0.4) is 0 Å². The standard InChI is InChI=1S/C22H26N2O/c1-17-6-2-3-7-19(17)16-23-12-14-24(15-13-23)22(25)21-11-5-9-18-8-4-10-20(18)21/h2-3,5-7,9,11H,4,8,10,12-16H2,1H3. The third-order valence-electron chi connectivity index (χ3n) is 5.69. The number of hydrogen-bond acceptors (Lipinski definition) is 2. The van der Waals surface area contributed by atoms with Crippen molar-refractivity contribution >= 4 is 5.91 Å². The van der Waals surface area contributed by atoms with E-state index >= 15 is 0 Å². The molecule has 0 radical (unpaired) electrons. The molecule has 1 aliphatic heterocycles. The van der Waals surface area contributed by atoms with Crippen LogP contribution in [0.5, 0.6) is 0 Å².